The molecule has 1 N–H and O–H groups in total. The Bertz CT molecular complexity index is 426. The van der Waals surface area contributed by atoms with Crippen molar-refractivity contribution in [3.63, 3.8) is 0 Å². The highest BCUT2D eigenvalue weighted by Gasteiger charge is 2.31. The van der Waals surface area contributed by atoms with Crippen molar-refractivity contribution < 1.29 is 27.8 Å². The van der Waals surface area contributed by atoms with Crippen molar-refractivity contribution >= 4 is 0 Å². The molecule has 0 saturated heterocycles. The number of aliphatic hydroxyl groups is 1. The maximum absolute atomic E-state index is 12.6. The molecule has 0 saturated carbocycles. The molecule has 1 aromatic rings. The molecule has 1 unspecified atom stereocenters. The molecule has 0 fully saturated rings. The molecular formula is C14H19F3O3. The van der Waals surface area contributed by atoms with Crippen LogP contribution in [-0.4, -0.2) is 31.2 Å². The molecule has 114 valence electrons. The average molecular weight is 292 g/mol. The first-order valence-electron chi connectivity index (χ1n) is 6.12. The number of ether oxygens (including phenoxy) is 2. The van der Waals surface area contributed by atoms with E-state index in [4.69, 9.17) is 9.47 Å². The zero-order valence-electron chi connectivity index (χ0n) is 11.7. The first kappa shape index (κ1) is 16.9. The van der Waals surface area contributed by atoms with Gasteiger partial charge >= 0.3 is 6.18 Å². The summed E-state index contributed by atoms with van der Waals surface area (Å²) < 4.78 is 47.8. The van der Waals surface area contributed by atoms with Crippen LogP contribution in [0.5, 0.6) is 0 Å². The van der Waals surface area contributed by atoms with E-state index < -0.39 is 23.6 Å². The summed E-state index contributed by atoms with van der Waals surface area (Å²) in [4.78, 5) is 0. The lowest BCUT2D eigenvalue weighted by Crippen LogP contribution is -2.34. The van der Waals surface area contributed by atoms with Gasteiger partial charge in [-0.05, 0) is 18.6 Å². The fourth-order valence-corrected chi connectivity index (χ4v) is 1.99. The maximum Gasteiger partial charge on any atom is 0.416 e. The van der Waals surface area contributed by atoms with E-state index in [-0.39, 0.29) is 12.8 Å². The second-order valence-electron chi connectivity index (χ2n) is 4.98. The zero-order valence-corrected chi connectivity index (χ0v) is 11.7. The molecule has 0 aliphatic rings. The molecule has 0 bridgehead atoms. The number of hydrogen-bond acceptors (Lipinski definition) is 3. The molecule has 0 spiro atoms. The summed E-state index contributed by atoms with van der Waals surface area (Å²) in [6, 6.07) is 4.94. The van der Waals surface area contributed by atoms with Crippen LogP contribution in [-0.2, 0) is 22.1 Å². The Labute approximate surface area is 116 Å². The van der Waals surface area contributed by atoms with Gasteiger partial charge in [0.1, 0.15) is 0 Å². The smallest absolute Gasteiger partial charge is 0.390 e. The largest absolute Gasteiger partial charge is 0.416 e. The standard InChI is InChI=1S/C14H19F3O3/c1-13(18,9-12(19-2)20-3)8-10-5-4-6-11(7-10)14(15,16)17/h4-7,12,18H,8-9H2,1-3H3. The van der Waals surface area contributed by atoms with Crippen LogP contribution in [0.1, 0.15) is 24.5 Å². The van der Waals surface area contributed by atoms with Crippen molar-refractivity contribution in [2.24, 2.45) is 0 Å². The molecule has 1 atom stereocenters. The van der Waals surface area contributed by atoms with Crippen molar-refractivity contribution in [2.75, 3.05) is 14.2 Å². The Balaban J connectivity index is 2.81. The van der Waals surface area contributed by atoms with Gasteiger partial charge in [0, 0.05) is 27.1 Å². The van der Waals surface area contributed by atoms with E-state index in [0.29, 0.717) is 5.56 Å². The van der Waals surface area contributed by atoms with E-state index in [1.807, 2.05) is 0 Å². The molecule has 1 aromatic carbocycles. The van der Waals surface area contributed by atoms with Gasteiger partial charge in [-0.2, -0.15) is 13.2 Å². The highest BCUT2D eigenvalue weighted by Crippen LogP contribution is 2.30. The zero-order chi connectivity index (χ0) is 15.4. The van der Waals surface area contributed by atoms with Gasteiger partial charge in [0.05, 0.1) is 11.2 Å². The molecule has 20 heavy (non-hydrogen) atoms. The lowest BCUT2D eigenvalue weighted by Gasteiger charge is -2.27. The molecule has 0 amide bonds. The Morgan fingerprint density at radius 3 is 2.30 bits per heavy atom. The molecule has 0 aromatic heterocycles. The molecule has 1 rings (SSSR count). The van der Waals surface area contributed by atoms with Crippen LogP contribution in [0.15, 0.2) is 24.3 Å². The number of hydrogen-bond donors (Lipinski definition) is 1. The van der Waals surface area contributed by atoms with Gasteiger partial charge in [-0.15, -0.1) is 0 Å². The minimum Gasteiger partial charge on any atom is -0.390 e. The lowest BCUT2D eigenvalue weighted by atomic mass is 9.92. The summed E-state index contributed by atoms with van der Waals surface area (Å²) in [5, 5.41) is 10.3. The van der Waals surface area contributed by atoms with Crippen molar-refractivity contribution in [2.45, 2.75) is 37.8 Å². The van der Waals surface area contributed by atoms with Crippen LogP contribution in [0, 0.1) is 0 Å². The second-order valence-corrected chi connectivity index (χ2v) is 4.98. The normalized spacial score (nSPS) is 15.4. The predicted molar refractivity (Wildman–Crippen MR) is 68.2 cm³/mol. The lowest BCUT2D eigenvalue weighted by molar-refractivity contribution is -0.140. The number of rotatable bonds is 6. The van der Waals surface area contributed by atoms with Crippen LogP contribution in [0.25, 0.3) is 0 Å². The average Bonchev–Trinajstić information content (AvgIpc) is 2.34. The summed E-state index contributed by atoms with van der Waals surface area (Å²) >= 11 is 0. The molecular weight excluding hydrogens is 273 g/mol. The van der Waals surface area contributed by atoms with Crippen molar-refractivity contribution in [3.05, 3.63) is 35.4 Å². The maximum atomic E-state index is 12.6. The van der Waals surface area contributed by atoms with Crippen LogP contribution < -0.4 is 0 Å². The SMILES string of the molecule is COC(CC(C)(O)Cc1cccc(C(F)(F)F)c1)OC. The highest BCUT2D eigenvalue weighted by molar-refractivity contribution is 5.26. The minimum atomic E-state index is -4.39. The molecule has 6 heteroatoms. The monoisotopic (exact) mass is 292 g/mol. The summed E-state index contributed by atoms with van der Waals surface area (Å²) in [6.07, 6.45) is -4.74. The van der Waals surface area contributed by atoms with Crippen LogP contribution in [0.4, 0.5) is 13.2 Å². The third kappa shape index (κ3) is 5.11. The van der Waals surface area contributed by atoms with Crippen molar-refractivity contribution in [1.29, 1.82) is 0 Å². The van der Waals surface area contributed by atoms with Gasteiger partial charge in [-0.1, -0.05) is 18.2 Å². The molecule has 0 heterocycles. The van der Waals surface area contributed by atoms with E-state index in [2.05, 4.69) is 0 Å². The van der Waals surface area contributed by atoms with Crippen molar-refractivity contribution in [3.8, 4) is 0 Å². The van der Waals surface area contributed by atoms with E-state index in [9.17, 15) is 18.3 Å². The minimum absolute atomic E-state index is 0.0835. The summed E-state index contributed by atoms with van der Waals surface area (Å²) in [5.74, 6) is 0. The van der Waals surface area contributed by atoms with E-state index in [0.717, 1.165) is 12.1 Å². The second kappa shape index (κ2) is 6.56. The van der Waals surface area contributed by atoms with Crippen LogP contribution in [0.3, 0.4) is 0 Å². The van der Waals surface area contributed by atoms with Gasteiger partial charge < -0.3 is 14.6 Å². The van der Waals surface area contributed by atoms with E-state index >= 15 is 0 Å². The summed E-state index contributed by atoms with van der Waals surface area (Å²) in [5.41, 5.74) is -1.53. The Morgan fingerprint density at radius 2 is 1.80 bits per heavy atom. The van der Waals surface area contributed by atoms with Crippen LogP contribution >= 0.6 is 0 Å². The Kier molecular flexibility index (Phi) is 5.56. The van der Waals surface area contributed by atoms with Crippen LogP contribution in [0.2, 0.25) is 0 Å². The van der Waals surface area contributed by atoms with Gasteiger partial charge in [0.2, 0.25) is 0 Å². The Morgan fingerprint density at radius 1 is 1.20 bits per heavy atom. The molecule has 0 radical (unpaired) electrons. The summed E-state index contributed by atoms with van der Waals surface area (Å²) in [7, 11) is 2.88. The van der Waals surface area contributed by atoms with Crippen molar-refractivity contribution in [1.82, 2.24) is 0 Å². The van der Waals surface area contributed by atoms with Gasteiger partial charge in [0.15, 0.2) is 6.29 Å². The topological polar surface area (TPSA) is 38.7 Å². The number of benzene rings is 1. The fourth-order valence-electron chi connectivity index (χ4n) is 1.99. The van der Waals surface area contributed by atoms with Gasteiger partial charge in [0.25, 0.3) is 0 Å². The number of halogens is 3. The highest BCUT2D eigenvalue weighted by atomic mass is 19.4. The van der Waals surface area contributed by atoms with Gasteiger partial charge in [-0.3, -0.25) is 0 Å². The predicted octanol–water partition coefficient (Wildman–Crippen LogP) is 3.01. The first-order chi connectivity index (χ1) is 9.18. The van der Waals surface area contributed by atoms with E-state index in [1.54, 1.807) is 6.07 Å². The number of methoxy groups -OCH3 is 2. The molecule has 0 aliphatic carbocycles. The fraction of sp³-hybridized carbons (Fsp3) is 0.571. The number of alkyl halides is 3. The molecule has 0 aliphatic heterocycles. The van der Waals surface area contributed by atoms with E-state index in [1.165, 1.54) is 27.2 Å². The third-order valence-corrected chi connectivity index (χ3v) is 2.97. The summed E-state index contributed by atoms with van der Waals surface area (Å²) in [6.45, 7) is 1.54. The quantitative estimate of drug-likeness (QED) is 0.819. The van der Waals surface area contributed by atoms with Gasteiger partial charge in [-0.25, -0.2) is 0 Å². The molecule has 3 nitrogen and oxygen atoms in total. The third-order valence-electron chi connectivity index (χ3n) is 2.97. The first-order valence-corrected chi connectivity index (χ1v) is 6.12. The Hall–Kier alpha value is -1.11.